The highest BCUT2D eigenvalue weighted by Gasteiger charge is 2.16. The number of hydrogen-bond acceptors (Lipinski definition) is 5. The number of benzene rings is 1. The fourth-order valence-electron chi connectivity index (χ4n) is 1.62. The van der Waals surface area contributed by atoms with Gasteiger partial charge in [0.25, 0.3) is 0 Å². The Morgan fingerprint density at radius 2 is 2.10 bits per heavy atom. The van der Waals surface area contributed by atoms with E-state index in [0.717, 1.165) is 6.26 Å². The molecule has 6 nitrogen and oxygen atoms in total. The quantitative estimate of drug-likeness (QED) is 0.761. The van der Waals surface area contributed by atoms with Crippen LogP contribution in [0.5, 0.6) is 5.75 Å². The third-order valence-electron chi connectivity index (χ3n) is 2.58. The molecule has 1 aromatic rings. The minimum atomic E-state index is -3.31. The highest BCUT2D eigenvalue weighted by atomic mass is 35.5. The maximum Gasteiger partial charge on any atom is 0.310 e. The van der Waals surface area contributed by atoms with Crippen molar-refractivity contribution >= 4 is 27.6 Å². The summed E-state index contributed by atoms with van der Waals surface area (Å²) in [6.07, 6.45) is 0.406. The summed E-state index contributed by atoms with van der Waals surface area (Å²) in [4.78, 5) is 11.9. The smallest absolute Gasteiger partial charge is 0.310 e. The van der Waals surface area contributed by atoms with Crippen LogP contribution >= 0.6 is 11.6 Å². The van der Waals surface area contributed by atoms with Crippen molar-refractivity contribution in [2.24, 2.45) is 0 Å². The van der Waals surface area contributed by atoms with E-state index in [9.17, 15) is 13.2 Å². The second-order valence-corrected chi connectivity index (χ2v) is 6.76. The van der Waals surface area contributed by atoms with Crippen LogP contribution in [0.1, 0.15) is 12.5 Å². The molecule has 118 valence electrons. The van der Waals surface area contributed by atoms with Crippen LogP contribution in [0.2, 0.25) is 5.02 Å². The normalized spacial score (nSPS) is 12.8. The summed E-state index contributed by atoms with van der Waals surface area (Å²) in [6, 6.07) is 5.07. The summed E-state index contributed by atoms with van der Waals surface area (Å²) in [5.74, 6) is -0.00874. The van der Waals surface area contributed by atoms with Gasteiger partial charge in [-0.15, -0.1) is 0 Å². The molecule has 8 heteroatoms. The maximum absolute atomic E-state index is 11.9. The first-order chi connectivity index (χ1) is 9.73. The SMILES string of the molecule is COc1cccc(Cl)c1CC(=O)O[C@@H](C)CNS(C)(=O)=O. The summed E-state index contributed by atoms with van der Waals surface area (Å²) in [6.45, 7) is 1.62. The average molecular weight is 336 g/mol. The zero-order valence-electron chi connectivity index (χ0n) is 12.1. The van der Waals surface area contributed by atoms with Gasteiger partial charge in [0.1, 0.15) is 11.9 Å². The van der Waals surface area contributed by atoms with Gasteiger partial charge in [-0.25, -0.2) is 13.1 Å². The number of carbonyl (C=O) groups excluding carboxylic acids is 1. The van der Waals surface area contributed by atoms with E-state index in [1.54, 1.807) is 25.1 Å². The Morgan fingerprint density at radius 1 is 1.43 bits per heavy atom. The van der Waals surface area contributed by atoms with Gasteiger partial charge in [-0.3, -0.25) is 4.79 Å². The van der Waals surface area contributed by atoms with Crippen LogP contribution in [0.15, 0.2) is 18.2 Å². The Bertz CT molecular complexity index is 603. The summed E-state index contributed by atoms with van der Waals surface area (Å²) in [5.41, 5.74) is 0.537. The lowest BCUT2D eigenvalue weighted by Gasteiger charge is -2.15. The molecule has 0 saturated carbocycles. The number of carbonyl (C=O) groups is 1. The van der Waals surface area contributed by atoms with Crippen molar-refractivity contribution in [1.29, 1.82) is 0 Å². The molecule has 0 radical (unpaired) electrons. The van der Waals surface area contributed by atoms with Gasteiger partial charge in [0.05, 0.1) is 19.8 Å². The third-order valence-corrected chi connectivity index (χ3v) is 3.63. The van der Waals surface area contributed by atoms with E-state index in [1.807, 2.05) is 0 Å². The first-order valence-corrected chi connectivity index (χ1v) is 8.45. The van der Waals surface area contributed by atoms with Crippen LogP contribution in [0.3, 0.4) is 0 Å². The van der Waals surface area contributed by atoms with Crippen molar-refractivity contribution in [3.05, 3.63) is 28.8 Å². The molecule has 0 aromatic heterocycles. The lowest BCUT2D eigenvalue weighted by Crippen LogP contribution is -2.32. The summed E-state index contributed by atoms with van der Waals surface area (Å²) in [7, 11) is -1.83. The van der Waals surface area contributed by atoms with Gasteiger partial charge in [-0.2, -0.15) is 0 Å². The van der Waals surface area contributed by atoms with Crippen molar-refractivity contribution in [2.75, 3.05) is 19.9 Å². The molecule has 0 aliphatic rings. The van der Waals surface area contributed by atoms with Gasteiger partial charge < -0.3 is 9.47 Å². The molecular weight excluding hydrogens is 318 g/mol. The van der Waals surface area contributed by atoms with Crippen LogP contribution in [0.4, 0.5) is 0 Å². The Morgan fingerprint density at radius 3 is 2.67 bits per heavy atom. The molecule has 0 amide bonds. The van der Waals surface area contributed by atoms with Crippen molar-refractivity contribution in [1.82, 2.24) is 4.72 Å². The molecule has 0 bridgehead atoms. The second-order valence-electron chi connectivity index (χ2n) is 4.52. The van der Waals surface area contributed by atoms with Gasteiger partial charge in [0, 0.05) is 17.1 Å². The minimum absolute atomic E-state index is 0.0181. The van der Waals surface area contributed by atoms with E-state index in [1.165, 1.54) is 7.11 Å². The van der Waals surface area contributed by atoms with E-state index in [4.69, 9.17) is 21.1 Å². The maximum atomic E-state index is 11.9. The summed E-state index contributed by atoms with van der Waals surface area (Å²) in [5, 5.41) is 0.410. The van der Waals surface area contributed by atoms with Crippen molar-refractivity contribution < 1.29 is 22.7 Å². The predicted molar refractivity (Wildman–Crippen MR) is 80.1 cm³/mol. The molecule has 0 aliphatic heterocycles. The van der Waals surface area contributed by atoms with E-state index in [-0.39, 0.29) is 13.0 Å². The van der Waals surface area contributed by atoms with Crippen molar-refractivity contribution in [3.63, 3.8) is 0 Å². The van der Waals surface area contributed by atoms with Gasteiger partial charge in [-0.05, 0) is 19.1 Å². The number of esters is 1. The van der Waals surface area contributed by atoms with Gasteiger partial charge >= 0.3 is 5.97 Å². The monoisotopic (exact) mass is 335 g/mol. The highest BCUT2D eigenvalue weighted by molar-refractivity contribution is 7.88. The van der Waals surface area contributed by atoms with Crippen LogP contribution in [0, 0.1) is 0 Å². The number of methoxy groups -OCH3 is 1. The number of hydrogen-bond donors (Lipinski definition) is 1. The summed E-state index contributed by atoms with van der Waals surface area (Å²) < 4.78 is 34.4. The molecule has 1 N–H and O–H groups in total. The van der Waals surface area contributed by atoms with Crippen LogP contribution in [-0.4, -0.2) is 40.4 Å². The molecule has 0 saturated heterocycles. The predicted octanol–water partition coefficient (Wildman–Crippen LogP) is 1.37. The fraction of sp³-hybridized carbons (Fsp3) is 0.462. The molecular formula is C13H18ClNO5S. The molecule has 0 fully saturated rings. The first kappa shape index (κ1) is 17.7. The van der Waals surface area contributed by atoms with Crippen molar-refractivity contribution in [2.45, 2.75) is 19.4 Å². The molecule has 0 aliphatic carbocycles. The van der Waals surface area contributed by atoms with Gasteiger partial charge in [0.15, 0.2) is 0 Å². The zero-order valence-corrected chi connectivity index (χ0v) is 13.6. The third kappa shape index (κ3) is 6.33. The molecule has 1 aromatic carbocycles. The largest absolute Gasteiger partial charge is 0.496 e. The average Bonchev–Trinajstić information content (AvgIpc) is 2.38. The van der Waals surface area contributed by atoms with Crippen LogP contribution in [-0.2, 0) is 26.0 Å². The number of ether oxygens (including phenoxy) is 2. The zero-order chi connectivity index (χ0) is 16.0. The van der Waals surface area contributed by atoms with Crippen LogP contribution < -0.4 is 9.46 Å². The molecule has 0 spiro atoms. The Kier molecular flexibility index (Phi) is 6.44. The second kappa shape index (κ2) is 7.63. The standard InChI is InChI=1S/C13H18ClNO5S/c1-9(8-15-21(3,17)18)20-13(16)7-10-11(14)5-4-6-12(10)19-2/h4-6,9,15H,7-8H2,1-3H3/t9-/m0/s1. The highest BCUT2D eigenvalue weighted by Crippen LogP contribution is 2.26. The van der Waals surface area contributed by atoms with Crippen LogP contribution in [0.25, 0.3) is 0 Å². The van der Waals surface area contributed by atoms with E-state index < -0.39 is 22.1 Å². The topological polar surface area (TPSA) is 81.7 Å². The summed E-state index contributed by atoms with van der Waals surface area (Å²) >= 11 is 6.03. The van der Waals surface area contributed by atoms with Gasteiger partial charge in [-0.1, -0.05) is 17.7 Å². The molecule has 0 unspecified atom stereocenters. The lowest BCUT2D eigenvalue weighted by atomic mass is 10.1. The fourth-order valence-corrected chi connectivity index (χ4v) is 2.39. The van der Waals surface area contributed by atoms with E-state index in [2.05, 4.69) is 4.72 Å². The molecule has 0 heterocycles. The number of nitrogens with one attached hydrogen (secondary N) is 1. The molecule has 1 atom stereocenters. The Hall–Kier alpha value is -1.31. The van der Waals surface area contributed by atoms with E-state index >= 15 is 0 Å². The lowest BCUT2D eigenvalue weighted by molar-refractivity contribution is -0.147. The molecule has 21 heavy (non-hydrogen) atoms. The Balaban J connectivity index is 2.62. The molecule has 1 rings (SSSR count). The number of rotatable bonds is 7. The number of halogens is 1. The van der Waals surface area contributed by atoms with E-state index in [0.29, 0.717) is 16.3 Å². The van der Waals surface area contributed by atoms with Crippen molar-refractivity contribution in [3.8, 4) is 5.75 Å². The first-order valence-electron chi connectivity index (χ1n) is 6.18. The Labute approximate surface area is 129 Å². The minimum Gasteiger partial charge on any atom is -0.496 e. The van der Waals surface area contributed by atoms with Gasteiger partial charge in [0.2, 0.25) is 10.0 Å². The number of sulfonamides is 1.